The summed E-state index contributed by atoms with van der Waals surface area (Å²) in [6.07, 6.45) is 9.67. The summed E-state index contributed by atoms with van der Waals surface area (Å²) in [6.45, 7) is 11.0. The summed E-state index contributed by atoms with van der Waals surface area (Å²) in [5.41, 5.74) is 11.7. The van der Waals surface area contributed by atoms with Crippen LogP contribution in [0.25, 0.3) is 61.8 Å². The average molecular weight is 821 g/mol. The molecule has 49 heavy (non-hydrogen) atoms. The predicted molar refractivity (Wildman–Crippen MR) is 196 cm³/mol. The maximum atomic E-state index is 6.04. The summed E-state index contributed by atoms with van der Waals surface area (Å²) in [7, 11) is 0. The van der Waals surface area contributed by atoms with Crippen LogP contribution < -0.4 is 0 Å². The first-order chi connectivity index (χ1) is 23.3. The van der Waals surface area contributed by atoms with Crippen molar-refractivity contribution in [1.82, 2.24) is 19.5 Å². The second-order valence-corrected chi connectivity index (χ2v) is 14.0. The number of para-hydroxylation sites is 1. The standard InChI is InChI=1S/C23H23N2.C20H17N2O.Ir/c1-23(2)19(16-9-6-7-10-16)15-18-13-8-14-20-21(18)25(23)22(24-20)17-11-4-3-5-12-17;1-12(2)14-9-10-21-18(11-14)17-6-4-5-15-16-8-7-13(3)22-20(16)23-19(15)17;/h3-5,8,11,13-16H,6-7,9-10H2,1-2H3;4-5,7-12H,1-3H3;/q2*-1;. The molecule has 5 heterocycles. The first-order valence-electron chi connectivity index (χ1n) is 17.2. The van der Waals surface area contributed by atoms with Crippen LogP contribution >= 0.6 is 0 Å². The molecule has 1 radical (unpaired) electrons. The van der Waals surface area contributed by atoms with Crippen molar-refractivity contribution >= 4 is 39.2 Å². The molecule has 4 aromatic heterocycles. The minimum absolute atomic E-state index is 0. The number of benzene rings is 3. The fourth-order valence-electron chi connectivity index (χ4n) is 7.70. The van der Waals surface area contributed by atoms with Crippen molar-refractivity contribution < 1.29 is 24.5 Å². The van der Waals surface area contributed by atoms with Crippen LogP contribution in [-0.2, 0) is 25.6 Å². The van der Waals surface area contributed by atoms with Crippen molar-refractivity contribution in [1.29, 1.82) is 0 Å². The van der Waals surface area contributed by atoms with Crippen LogP contribution in [0.1, 0.15) is 76.1 Å². The van der Waals surface area contributed by atoms with Crippen molar-refractivity contribution in [2.45, 2.75) is 71.8 Å². The summed E-state index contributed by atoms with van der Waals surface area (Å²) < 4.78 is 8.51. The number of nitrogens with zero attached hydrogens (tertiary/aromatic N) is 4. The molecule has 5 nitrogen and oxygen atoms in total. The molecule has 3 aromatic carbocycles. The number of hydrogen-bond donors (Lipinski definition) is 0. The van der Waals surface area contributed by atoms with Gasteiger partial charge in [0.15, 0.2) is 0 Å². The van der Waals surface area contributed by atoms with E-state index in [1.807, 2.05) is 43.5 Å². The Morgan fingerprint density at radius 3 is 2.51 bits per heavy atom. The molecule has 0 unspecified atom stereocenters. The Morgan fingerprint density at radius 1 is 0.898 bits per heavy atom. The summed E-state index contributed by atoms with van der Waals surface area (Å²) in [5.74, 6) is 2.20. The van der Waals surface area contributed by atoms with Crippen LogP contribution in [0, 0.1) is 25.0 Å². The minimum Gasteiger partial charge on any atom is -0.486 e. The molecule has 0 N–H and O–H groups in total. The van der Waals surface area contributed by atoms with Crippen LogP contribution in [-0.4, -0.2) is 19.5 Å². The van der Waals surface area contributed by atoms with E-state index in [1.54, 1.807) is 5.57 Å². The zero-order valence-electron chi connectivity index (χ0n) is 28.7. The first-order valence-corrected chi connectivity index (χ1v) is 17.2. The molecule has 1 aliphatic carbocycles. The normalized spacial score (nSPS) is 15.3. The molecule has 7 aromatic rings. The predicted octanol–water partition coefficient (Wildman–Crippen LogP) is 11.1. The van der Waals surface area contributed by atoms with Gasteiger partial charge in [0, 0.05) is 37.4 Å². The van der Waals surface area contributed by atoms with Gasteiger partial charge in [0.2, 0.25) is 5.71 Å². The number of aromatic nitrogens is 4. The van der Waals surface area contributed by atoms with Crippen LogP contribution in [0.3, 0.4) is 0 Å². The Hall–Kier alpha value is -4.38. The van der Waals surface area contributed by atoms with Crippen LogP contribution in [0.15, 0.2) is 95.0 Å². The van der Waals surface area contributed by atoms with Gasteiger partial charge in [0.1, 0.15) is 0 Å². The number of furan rings is 1. The second-order valence-electron chi connectivity index (χ2n) is 14.0. The molecule has 249 valence electrons. The van der Waals surface area contributed by atoms with E-state index in [1.165, 1.54) is 42.3 Å². The number of fused-ring (bicyclic) bond motifs is 3. The van der Waals surface area contributed by atoms with E-state index in [-0.39, 0.29) is 25.6 Å². The van der Waals surface area contributed by atoms with Crippen molar-refractivity contribution in [2.24, 2.45) is 5.92 Å². The number of imidazole rings is 1. The Balaban J connectivity index is 0.000000152. The topological polar surface area (TPSA) is 56.7 Å². The van der Waals surface area contributed by atoms with Gasteiger partial charge in [-0.3, -0.25) is 4.98 Å². The van der Waals surface area contributed by atoms with Crippen molar-refractivity contribution in [3.05, 3.63) is 120 Å². The van der Waals surface area contributed by atoms with E-state index in [9.17, 15) is 0 Å². The number of aryl methyl sites for hydroxylation is 1. The van der Waals surface area contributed by atoms with E-state index >= 15 is 0 Å². The molecule has 0 bridgehead atoms. The largest absolute Gasteiger partial charge is 0.486 e. The molecule has 0 amide bonds. The van der Waals surface area contributed by atoms with Gasteiger partial charge in [0.25, 0.3) is 0 Å². The first kappa shape index (κ1) is 33.1. The zero-order chi connectivity index (χ0) is 33.0. The monoisotopic (exact) mass is 821 g/mol. The summed E-state index contributed by atoms with van der Waals surface area (Å²) in [6, 6.07) is 33.5. The molecule has 9 rings (SSSR count). The maximum absolute atomic E-state index is 6.04. The molecule has 1 saturated carbocycles. The third-order valence-electron chi connectivity index (χ3n) is 10.2. The number of rotatable bonds is 4. The molecule has 0 atom stereocenters. The second kappa shape index (κ2) is 13.2. The van der Waals surface area contributed by atoms with Gasteiger partial charge in [-0.1, -0.05) is 67.5 Å². The molecule has 2 aliphatic rings. The van der Waals surface area contributed by atoms with Crippen LogP contribution in [0.4, 0.5) is 0 Å². The van der Waals surface area contributed by atoms with E-state index in [2.05, 4.69) is 109 Å². The van der Waals surface area contributed by atoms with Gasteiger partial charge in [-0.15, -0.1) is 54.1 Å². The minimum atomic E-state index is -0.0584. The summed E-state index contributed by atoms with van der Waals surface area (Å²) in [4.78, 5) is 14.0. The Kier molecular flexibility index (Phi) is 8.89. The third kappa shape index (κ3) is 5.85. The smallest absolute Gasteiger partial charge is 0.216 e. The SMILES string of the molecule is CC1(C)C(C2CCCC2)=Cc2cccc3nc(-c4[c-]cccc4)n1c23.Cc1ccc2c(n1)oc1c(-c3cc(C(C)C)ccn3)[c-]ccc12.[Ir]. The van der Waals surface area contributed by atoms with Gasteiger partial charge in [-0.05, 0) is 86.5 Å². The van der Waals surface area contributed by atoms with Gasteiger partial charge < -0.3 is 14.0 Å². The molecule has 6 heteroatoms. The van der Waals surface area contributed by atoms with Gasteiger partial charge in [0.05, 0.1) is 28.0 Å². The number of pyridine rings is 2. The van der Waals surface area contributed by atoms with Crippen LogP contribution in [0.2, 0.25) is 0 Å². The maximum Gasteiger partial charge on any atom is 0.216 e. The Morgan fingerprint density at radius 2 is 1.73 bits per heavy atom. The quantitative estimate of drug-likeness (QED) is 0.166. The fraction of sp³-hybridized carbons (Fsp3) is 0.279. The van der Waals surface area contributed by atoms with E-state index in [4.69, 9.17) is 9.40 Å². The van der Waals surface area contributed by atoms with Gasteiger partial charge in [-0.25, -0.2) is 4.98 Å². The number of hydrogen-bond acceptors (Lipinski definition) is 4. The average Bonchev–Trinajstić information content (AvgIpc) is 3.85. The summed E-state index contributed by atoms with van der Waals surface area (Å²) in [5, 5.41) is 2.08. The summed E-state index contributed by atoms with van der Waals surface area (Å²) >= 11 is 0. The molecule has 0 spiro atoms. The van der Waals surface area contributed by atoms with Crippen molar-refractivity contribution in [3.8, 4) is 22.6 Å². The molecular formula is C43H40IrN4O-2. The molecule has 1 aliphatic heterocycles. The zero-order valence-corrected chi connectivity index (χ0v) is 31.1. The number of allylic oxidation sites excluding steroid dienone is 1. The molecular weight excluding hydrogens is 781 g/mol. The fourth-order valence-corrected chi connectivity index (χ4v) is 7.70. The van der Waals surface area contributed by atoms with E-state index < -0.39 is 0 Å². The van der Waals surface area contributed by atoms with E-state index in [0.29, 0.717) is 17.5 Å². The van der Waals surface area contributed by atoms with Gasteiger partial charge in [-0.2, -0.15) is 0 Å². The van der Waals surface area contributed by atoms with Crippen molar-refractivity contribution in [3.63, 3.8) is 0 Å². The molecule has 0 saturated heterocycles. The molecule has 1 fully saturated rings. The van der Waals surface area contributed by atoms with Gasteiger partial charge >= 0.3 is 0 Å². The third-order valence-corrected chi connectivity index (χ3v) is 10.2. The Labute approximate surface area is 301 Å². The van der Waals surface area contributed by atoms with Crippen LogP contribution in [0.5, 0.6) is 0 Å². The van der Waals surface area contributed by atoms with E-state index in [0.717, 1.165) is 50.2 Å². The van der Waals surface area contributed by atoms with Crippen molar-refractivity contribution in [2.75, 3.05) is 0 Å². The Bertz CT molecular complexity index is 2320.